The van der Waals surface area contributed by atoms with Gasteiger partial charge in [0.25, 0.3) is 0 Å². The second-order valence-corrected chi connectivity index (χ2v) is 6.87. The molecule has 0 amide bonds. The molecular formula is C13H14FNO3S2. The molecule has 0 saturated carbocycles. The Balaban J connectivity index is 2.13. The maximum atomic E-state index is 13.6. The fraction of sp³-hybridized carbons (Fsp3) is 0.231. The summed E-state index contributed by atoms with van der Waals surface area (Å²) in [6.07, 6.45) is -0.955. The summed E-state index contributed by atoms with van der Waals surface area (Å²) in [6.45, 7) is 1.48. The van der Waals surface area contributed by atoms with Crippen LogP contribution in [-0.4, -0.2) is 20.1 Å². The Morgan fingerprint density at radius 2 is 2.15 bits per heavy atom. The summed E-state index contributed by atoms with van der Waals surface area (Å²) in [5.41, 5.74) is 1.27. The molecule has 0 aliphatic rings. The smallest absolute Gasteiger partial charge is 0.243 e. The Kier molecular flexibility index (Phi) is 4.54. The zero-order valence-corrected chi connectivity index (χ0v) is 12.3. The van der Waals surface area contributed by atoms with Gasteiger partial charge in [0, 0.05) is 6.54 Å². The van der Waals surface area contributed by atoms with Crippen molar-refractivity contribution in [3.8, 4) is 0 Å². The van der Waals surface area contributed by atoms with Crippen LogP contribution in [0, 0.1) is 12.7 Å². The van der Waals surface area contributed by atoms with Gasteiger partial charge in [-0.25, -0.2) is 17.5 Å². The zero-order valence-electron chi connectivity index (χ0n) is 10.7. The molecule has 0 bridgehead atoms. The summed E-state index contributed by atoms with van der Waals surface area (Å²) >= 11 is 1.40. The molecule has 0 radical (unpaired) electrons. The second-order valence-electron chi connectivity index (χ2n) is 4.36. The molecule has 0 aliphatic heterocycles. The topological polar surface area (TPSA) is 66.4 Å². The lowest BCUT2D eigenvalue weighted by Gasteiger charge is -2.12. The van der Waals surface area contributed by atoms with Gasteiger partial charge in [-0.2, -0.15) is 11.3 Å². The summed E-state index contributed by atoms with van der Waals surface area (Å²) in [4.78, 5) is -0.407. The van der Waals surface area contributed by atoms with Crippen molar-refractivity contribution in [2.45, 2.75) is 17.9 Å². The molecule has 4 nitrogen and oxygen atoms in total. The number of rotatable bonds is 5. The Bertz CT molecular complexity index is 684. The monoisotopic (exact) mass is 315 g/mol. The van der Waals surface area contributed by atoms with E-state index in [1.807, 2.05) is 0 Å². The zero-order chi connectivity index (χ0) is 14.8. The predicted octanol–water partition coefficient (Wildman–Crippen LogP) is 2.21. The standard InChI is InChI=1S/C13H14FNO3S2/c1-9-2-3-11(14)13(6-9)20(17,18)15-7-12(16)10-4-5-19-8-10/h2-6,8,12,15-16H,7H2,1H3. The number of benzene rings is 1. The number of aliphatic hydroxyl groups excluding tert-OH is 1. The molecule has 7 heteroatoms. The first-order chi connectivity index (χ1) is 9.40. The summed E-state index contributed by atoms with van der Waals surface area (Å²) < 4.78 is 39.8. The largest absolute Gasteiger partial charge is 0.387 e. The number of aryl methyl sites for hydroxylation is 1. The van der Waals surface area contributed by atoms with Gasteiger partial charge in [-0.3, -0.25) is 0 Å². The van der Waals surface area contributed by atoms with Crippen molar-refractivity contribution in [2.75, 3.05) is 6.54 Å². The maximum absolute atomic E-state index is 13.6. The van der Waals surface area contributed by atoms with E-state index in [-0.39, 0.29) is 6.54 Å². The Morgan fingerprint density at radius 3 is 2.80 bits per heavy atom. The third kappa shape index (κ3) is 3.43. The summed E-state index contributed by atoms with van der Waals surface area (Å²) in [6, 6.07) is 5.57. The highest BCUT2D eigenvalue weighted by molar-refractivity contribution is 7.89. The van der Waals surface area contributed by atoms with Gasteiger partial charge in [0.1, 0.15) is 10.7 Å². The molecule has 1 atom stereocenters. The van der Waals surface area contributed by atoms with Crippen molar-refractivity contribution in [3.63, 3.8) is 0 Å². The molecule has 0 spiro atoms. The van der Waals surface area contributed by atoms with Crippen LogP contribution >= 0.6 is 11.3 Å². The van der Waals surface area contributed by atoms with Gasteiger partial charge in [-0.05, 0) is 47.0 Å². The van der Waals surface area contributed by atoms with E-state index in [1.54, 1.807) is 23.8 Å². The molecule has 2 rings (SSSR count). The highest BCUT2D eigenvalue weighted by Gasteiger charge is 2.20. The van der Waals surface area contributed by atoms with Crippen LogP contribution in [-0.2, 0) is 10.0 Å². The van der Waals surface area contributed by atoms with Crippen LogP contribution in [0.25, 0.3) is 0 Å². The number of halogens is 1. The van der Waals surface area contributed by atoms with Gasteiger partial charge < -0.3 is 5.11 Å². The first-order valence-electron chi connectivity index (χ1n) is 5.86. The third-order valence-electron chi connectivity index (χ3n) is 2.77. The number of thiophene rings is 1. The average molecular weight is 315 g/mol. The molecule has 1 heterocycles. The number of aliphatic hydroxyl groups is 1. The molecule has 2 N–H and O–H groups in total. The van der Waals surface area contributed by atoms with Crippen molar-refractivity contribution < 1.29 is 17.9 Å². The van der Waals surface area contributed by atoms with Crippen molar-refractivity contribution >= 4 is 21.4 Å². The minimum Gasteiger partial charge on any atom is -0.387 e. The summed E-state index contributed by atoms with van der Waals surface area (Å²) in [7, 11) is -3.98. The number of nitrogens with one attached hydrogen (secondary N) is 1. The first kappa shape index (κ1) is 15.1. The highest BCUT2D eigenvalue weighted by Crippen LogP contribution is 2.18. The van der Waals surface area contributed by atoms with Crippen molar-refractivity contribution in [1.82, 2.24) is 4.72 Å². The van der Waals surface area contributed by atoms with Gasteiger partial charge >= 0.3 is 0 Å². The van der Waals surface area contributed by atoms with E-state index in [2.05, 4.69) is 4.72 Å². The van der Waals surface area contributed by atoms with Crippen molar-refractivity contribution in [2.24, 2.45) is 0 Å². The van der Waals surface area contributed by atoms with Gasteiger partial charge in [-0.15, -0.1) is 0 Å². The minimum atomic E-state index is -3.98. The van der Waals surface area contributed by atoms with E-state index in [0.717, 1.165) is 6.07 Å². The van der Waals surface area contributed by atoms with E-state index >= 15 is 0 Å². The quantitative estimate of drug-likeness (QED) is 0.889. The van der Waals surface area contributed by atoms with Gasteiger partial charge in [0.2, 0.25) is 10.0 Å². The van der Waals surface area contributed by atoms with Crippen LogP contribution in [0.3, 0.4) is 0 Å². The Hall–Kier alpha value is -1.28. The van der Waals surface area contributed by atoms with Crippen LogP contribution < -0.4 is 4.72 Å². The molecule has 0 aliphatic carbocycles. The van der Waals surface area contributed by atoms with Crippen molar-refractivity contribution in [1.29, 1.82) is 0 Å². The highest BCUT2D eigenvalue weighted by atomic mass is 32.2. The van der Waals surface area contributed by atoms with Gasteiger partial charge in [0.15, 0.2) is 0 Å². The second kappa shape index (κ2) is 6.01. The predicted molar refractivity (Wildman–Crippen MR) is 75.6 cm³/mol. The molecule has 1 unspecified atom stereocenters. The van der Waals surface area contributed by atoms with Crippen LogP contribution in [0.2, 0.25) is 0 Å². The van der Waals surface area contributed by atoms with E-state index in [4.69, 9.17) is 0 Å². The SMILES string of the molecule is Cc1ccc(F)c(S(=O)(=O)NCC(O)c2ccsc2)c1. The summed E-state index contributed by atoms with van der Waals surface area (Å²) in [5.74, 6) is -0.812. The fourth-order valence-corrected chi connectivity index (χ4v) is 3.57. The average Bonchev–Trinajstić information content (AvgIpc) is 2.93. The Labute approximate surface area is 120 Å². The van der Waals surface area contributed by atoms with E-state index in [9.17, 15) is 17.9 Å². The lowest BCUT2D eigenvalue weighted by molar-refractivity contribution is 0.182. The van der Waals surface area contributed by atoms with E-state index in [0.29, 0.717) is 11.1 Å². The minimum absolute atomic E-state index is 0.202. The molecule has 0 saturated heterocycles. The van der Waals surface area contributed by atoms with Gasteiger partial charge in [-0.1, -0.05) is 6.07 Å². The van der Waals surface area contributed by atoms with E-state index < -0.39 is 26.8 Å². The fourth-order valence-electron chi connectivity index (χ4n) is 1.67. The van der Waals surface area contributed by atoms with Crippen LogP contribution in [0.1, 0.15) is 17.2 Å². The van der Waals surface area contributed by atoms with Gasteiger partial charge in [0.05, 0.1) is 6.10 Å². The van der Waals surface area contributed by atoms with Crippen LogP contribution in [0.15, 0.2) is 39.9 Å². The number of hydrogen-bond acceptors (Lipinski definition) is 4. The van der Waals surface area contributed by atoms with Crippen LogP contribution in [0.4, 0.5) is 4.39 Å². The summed E-state index contributed by atoms with van der Waals surface area (Å²) in [5, 5.41) is 13.3. The molecule has 108 valence electrons. The molecule has 1 aromatic heterocycles. The first-order valence-corrected chi connectivity index (χ1v) is 8.29. The molecule has 2 aromatic rings. The van der Waals surface area contributed by atoms with Crippen molar-refractivity contribution in [3.05, 3.63) is 52.0 Å². The molecular weight excluding hydrogens is 301 g/mol. The number of sulfonamides is 1. The molecule has 1 aromatic carbocycles. The maximum Gasteiger partial charge on any atom is 0.243 e. The lowest BCUT2D eigenvalue weighted by Crippen LogP contribution is -2.29. The van der Waals surface area contributed by atoms with E-state index in [1.165, 1.54) is 23.5 Å². The third-order valence-corrected chi connectivity index (χ3v) is 4.91. The lowest BCUT2D eigenvalue weighted by atomic mass is 10.2. The van der Waals surface area contributed by atoms with Crippen LogP contribution in [0.5, 0.6) is 0 Å². The Morgan fingerprint density at radius 1 is 1.40 bits per heavy atom. The number of hydrogen-bond donors (Lipinski definition) is 2. The molecule has 0 fully saturated rings. The normalized spacial score (nSPS) is 13.3. The molecule has 20 heavy (non-hydrogen) atoms.